The molecule has 10 heteroatoms. The van der Waals surface area contributed by atoms with Gasteiger partial charge in [-0.15, -0.1) is 0 Å². The molecule has 0 fully saturated rings. The van der Waals surface area contributed by atoms with Gasteiger partial charge in [-0.25, -0.2) is 10.2 Å². The van der Waals surface area contributed by atoms with Crippen molar-refractivity contribution >= 4 is 63.7 Å². The molecule has 0 saturated carbocycles. The highest BCUT2D eigenvalue weighted by Gasteiger charge is 2.17. The van der Waals surface area contributed by atoms with Crippen LogP contribution in [0.5, 0.6) is 11.5 Å². The summed E-state index contributed by atoms with van der Waals surface area (Å²) in [6, 6.07) is 21.7. The van der Waals surface area contributed by atoms with Crippen LogP contribution in [0.25, 0.3) is 10.8 Å². The number of halogens is 2. The Morgan fingerprint density at radius 3 is 2.49 bits per heavy atom. The molecular formula is C27H19Cl2N3O5. The smallest absolute Gasteiger partial charge is 0.345 e. The largest absolute Gasteiger partial charge is 0.497 e. The molecule has 0 aliphatic carbocycles. The van der Waals surface area contributed by atoms with Crippen LogP contribution in [0.3, 0.4) is 0 Å². The molecule has 8 nitrogen and oxygen atoms in total. The fourth-order valence-electron chi connectivity index (χ4n) is 3.40. The maximum atomic E-state index is 12.8. The molecule has 0 spiro atoms. The molecular weight excluding hydrogens is 517 g/mol. The predicted octanol–water partition coefficient (Wildman–Crippen LogP) is 5.46. The van der Waals surface area contributed by atoms with Gasteiger partial charge in [0, 0.05) is 22.3 Å². The molecule has 0 atom stereocenters. The minimum Gasteiger partial charge on any atom is -0.497 e. The predicted molar refractivity (Wildman–Crippen MR) is 143 cm³/mol. The lowest BCUT2D eigenvalue weighted by Crippen LogP contribution is -2.32. The Morgan fingerprint density at radius 1 is 0.892 bits per heavy atom. The van der Waals surface area contributed by atoms with E-state index >= 15 is 0 Å². The Bertz CT molecular complexity index is 1540. The fourth-order valence-corrected chi connectivity index (χ4v) is 3.89. The third-order valence-corrected chi connectivity index (χ3v) is 5.73. The lowest BCUT2D eigenvalue weighted by molar-refractivity contribution is -0.136. The zero-order valence-corrected chi connectivity index (χ0v) is 20.8. The van der Waals surface area contributed by atoms with Crippen molar-refractivity contribution in [3.05, 3.63) is 100 Å². The number of esters is 1. The van der Waals surface area contributed by atoms with Crippen LogP contribution in [0.2, 0.25) is 10.0 Å². The standard InChI is InChI=1S/C27H19Cl2N3O5/c1-36-19-7-4-6-18(14-19)31-25(33)26(34)32-30-15-22-20-8-3-2-5-16(20)9-12-24(22)37-27(35)21-11-10-17(28)13-23(21)29/h2-15H,1H3,(H,31,33)(H,32,34). The molecule has 4 rings (SSSR count). The number of benzene rings is 4. The summed E-state index contributed by atoms with van der Waals surface area (Å²) in [4.78, 5) is 37.4. The van der Waals surface area contributed by atoms with Crippen LogP contribution in [-0.4, -0.2) is 31.1 Å². The number of hydrazone groups is 1. The molecule has 2 amide bonds. The van der Waals surface area contributed by atoms with Gasteiger partial charge in [0.25, 0.3) is 0 Å². The molecule has 186 valence electrons. The van der Waals surface area contributed by atoms with Gasteiger partial charge in [-0.3, -0.25) is 9.59 Å². The van der Waals surface area contributed by atoms with E-state index in [-0.39, 0.29) is 16.3 Å². The quantitative estimate of drug-likeness (QED) is 0.112. The average molecular weight is 536 g/mol. The second kappa shape index (κ2) is 11.6. The Kier molecular flexibility index (Phi) is 8.02. The molecule has 0 aromatic heterocycles. The van der Waals surface area contributed by atoms with Gasteiger partial charge in [0.05, 0.1) is 23.9 Å². The average Bonchev–Trinajstić information content (AvgIpc) is 2.89. The number of carbonyl (C=O) groups is 3. The first-order chi connectivity index (χ1) is 17.9. The van der Waals surface area contributed by atoms with E-state index in [4.69, 9.17) is 32.7 Å². The van der Waals surface area contributed by atoms with Crippen LogP contribution in [0, 0.1) is 0 Å². The highest BCUT2D eigenvalue weighted by Crippen LogP contribution is 2.29. The number of amides is 2. The van der Waals surface area contributed by atoms with Gasteiger partial charge in [0.2, 0.25) is 0 Å². The summed E-state index contributed by atoms with van der Waals surface area (Å²) in [6.45, 7) is 0. The lowest BCUT2D eigenvalue weighted by Gasteiger charge is -2.11. The Balaban J connectivity index is 1.54. The van der Waals surface area contributed by atoms with Gasteiger partial charge in [0.1, 0.15) is 11.5 Å². The Labute approximate surface area is 221 Å². The van der Waals surface area contributed by atoms with Gasteiger partial charge in [-0.05, 0) is 47.2 Å². The zero-order chi connectivity index (χ0) is 26.4. The summed E-state index contributed by atoms with van der Waals surface area (Å²) in [5.41, 5.74) is 3.10. The second-order valence-electron chi connectivity index (χ2n) is 7.60. The zero-order valence-electron chi connectivity index (χ0n) is 19.3. The second-order valence-corrected chi connectivity index (χ2v) is 8.44. The van der Waals surface area contributed by atoms with Crippen molar-refractivity contribution in [3.8, 4) is 11.5 Å². The fraction of sp³-hybridized carbons (Fsp3) is 0.0370. The van der Waals surface area contributed by atoms with Crippen LogP contribution in [0.15, 0.2) is 84.0 Å². The highest BCUT2D eigenvalue weighted by atomic mass is 35.5. The van der Waals surface area contributed by atoms with E-state index in [0.29, 0.717) is 27.4 Å². The maximum absolute atomic E-state index is 12.8. The van der Waals surface area contributed by atoms with Crippen LogP contribution < -0.4 is 20.2 Å². The van der Waals surface area contributed by atoms with Gasteiger partial charge in [-0.2, -0.15) is 5.10 Å². The van der Waals surface area contributed by atoms with Crippen molar-refractivity contribution < 1.29 is 23.9 Å². The molecule has 0 aliphatic rings. The van der Waals surface area contributed by atoms with Crippen molar-refractivity contribution in [1.82, 2.24) is 5.43 Å². The van der Waals surface area contributed by atoms with Gasteiger partial charge in [0.15, 0.2) is 0 Å². The van der Waals surface area contributed by atoms with Crippen molar-refractivity contribution in [1.29, 1.82) is 0 Å². The Morgan fingerprint density at radius 2 is 1.70 bits per heavy atom. The van der Waals surface area contributed by atoms with Crippen molar-refractivity contribution in [3.63, 3.8) is 0 Å². The number of ether oxygens (including phenoxy) is 2. The molecule has 2 N–H and O–H groups in total. The SMILES string of the molecule is COc1cccc(NC(=O)C(=O)NN=Cc2c(OC(=O)c3ccc(Cl)cc3Cl)ccc3ccccc23)c1. The number of methoxy groups -OCH3 is 1. The van der Waals surface area contributed by atoms with E-state index in [1.165, 1.54) is 31.5 Å². The lowest BCUT2D eigenvalue weighted by atomic mass is 10.0. The first-order valence-corrected chi connectivity index (χ1v) is 11.6. The van der Waals surface area contributed by atoms with Crippen LogP contribution in [-0.2, 0) is 9.59 Å². The van der Waals surface area contributed by atoms with Crippen LogP contribution in [0.4, 0.5) is 5.69 Å². The number of hydrogen-bond donors (Lipinski definition) is 2. The number of nitrogens with zero attached hydrogens (tertiary/aromatic N) is 1. The van der Waals surface area contributed by atoms with Crippen LogP contribution in [0.1, 0.15) is 15.9 Å². The summed E-state index contributed by atoms with van der Waals surface area (Å²) >= 11 is 12.1. The molecule has 0 radical (unpaired) electrons. The number of carbonyl (C=O) groups excluding carboxylic acids is 3. The number of rotatable bonds is 6. The summed E-state index contributed by atoms with van der Waals surface area (Å²) in [5, 5.41) is 8.44. The Hall–Kier alpha value is -4.40. The van der Waals surface area contributed by atoms with E-state index in [1.807, 2.05) is 18.2 Å². The topological polar surface area (TPSA) is 106 Å². The summed E-state index contributed by atoms with van der Waals surface area (Å²) in [6.07, 6.45) is 1.30. The monoisotopic (exact) mass is 535 g/mol. The molecule has 37 heavy (non-hydrogen) atoms. The first kappa shape index (κ1) is 25.7. The normalized spacial score (nSPS) is 10.8. The molecule has 0 unspecified atom stereocenters. The van der Waals surface area contributed by atoms with E-state index in [0.717, 1.165) is 5.39 Å². The van der Waals surface area contributed by atoms with Crippen molar-refractivity contribution in [2.75, 3.05) is 12.4 Å². The van der Waals surface area contributed by atoms with Crippen LogP contribution >= 0.6 is 23.2 Å². The van der Waals surface area contributed by atoms with Gasteiger partial charge >= 0.3 is 17.8 Å². The molecule has 4 aromatic carbocycles. The third-order valence-electron chi connectivity index (χ3n) is 5.18. The highest BCUT2D eigenvalue weighted by molar-refractivity contribution is 6.39. The molecule has 0 bridgehead atoms. The van der Waals surface area contributed by atoms with E-state index in [1.54, 1.807) is 42.5 Å². The number of nitrogens with one attached hydrogen (secondary N) is 2. The first-order valence-electron chi connectivity index (χ1n) is 10.8. The van der Waals surface area contributed by atoms with E-state index < -0.39 is 17.8 Å². The van der Waals surface area contributed by atoms with Gasteiger partial charge in [-0.1, -0.05) is 59.6 Å². The minimum absolute atomic E-state index is 0.129. The maximum Gasteiger partial charge on any atom is 0.345 e. The summed E-state index contributed by atoms with van der Waals surface area (Å²) < 4.78 is 10.7. The number of hydrogen-bond acceptors (Lipinski definition) is 6. The minimum atomic E-state index is -0.995. The van der Waals surface area contributed by atoms with E-state index in [9.17, 15) is 14.4 Å². The van der Waals surface area contributed by atoms with Crippen molar-refractivity contribution in [2.45, 2.75) is 0 Å². The number of anilines is 1. The molecule has 0 aliphatic heterocycles. The summed E-state index contributed by atoms with van der Waals surface area (Å²) in [5.74, 6) is -1.92. The number of fused-ring (bicyclic) bond motifs is 1. The molecule has 0 saturated heterocycles. The van der Waals surface area contributed by atoms with E-state index in [2.05, 4.69) is 15.8 Å². The molecule has 0 heterocycles. The van der Waals surface area contributed by atoms with Gasteiger partial charge < -0.3 is 14.8 Å². The summed E-state index contributed by atoms with van der Waals surface area (Å²) in [7, 11) is 1.49. The third kappa shape index (κ3) is 6.24. The van der Waals surface area contributed by atoms with Crippen molar-refractivity contribution in [2.24, 2.45) is 5.10 Å². The molecule has 4 aromatic rings.